The molecular formula is C28H27ClN2O3. The molecule has 1 amide bonds. The summed E-state index contributed by atoms with van der Waals surface area (Å²) in [4.78, 5) is 32.3. The third kappa shape index (κ3) is 4.48. The lowest BCUT2D eigenvalue weighted by atomic mass is 9.84. The number of carbonyl (C=O) groups is 2. The van der Waals surface area contributed by atoms with E-state index >= 15 is 0 Å². The van der Waals surface area contributed by atoms with Crippen molar-refractivity contribution in [1.29, 1.82) is 0 Å². The summed E-state index contributed by atoms with van der Waals surface area (Å²) in [6, 6.07) is 17.5. The lowest BCUT2D eigenvalue weighted by molar-refractivity contribution is -0.140. The minimum Gasteiger partial charge on any atom is -0.507 e. The van der Waals surface area contributed by atoms with Gasteiger partial charge in [-0.15, -0.1) is 0 Å². The van der Waals surface area contributed by atoms with Crippen molar-refractivity contribution < 1.29 is 14.7 Å². The summed E-state index contributed by atoms with van der Waals surface area (Å²) < 4.78 is 0. The van der Waals surface area contributed by atoms with Crippen LogP contribution in [0, 0.1) is 6.92 Å². The number of rotatable bonds is 4. The number of aryl methyl sites for hydroxylation is 1. The Morgan fingerprint density at radius 1 is 1.06 bits per heavy atom. The minimum absolute atomic E-state index is 0.0670. The summed E-state index contributed by atoms with van der Waals surface area (Å²) in [6.07, 6.45) is 1.64. The Balaban J connectivity index is 1.91. The second-order valence-corrected chi connectivity index (χ2v) is 10.0. The number of aliphatic hydroxyl groups is 1. The normalized spacial score (nSPS) is 17.9. The van der Waals surface area contributed by atoms with E-state index in [1.165, 1.54) is 4.90 Å². The number of hydrogen-bond donors (Lipinski definition) is 1. The molecule has 0 bridgehead atoms. The van der Waals surface area contributed by atoms with Crippen molar-refractivity contribution in [1.82, 2.24) is 9.88 Å². The smallest absolute Gasteiger partial charge is 0.296 e. The van der Waals surface area contributed by atoms with E-state index in [1.54, 1.807) is 42.6 Å². The Hall–Kier alpha value is -3.44. The summed E-state index contributed by atoms with van der Waals surface area (Å²) in [7, 11) is 0. The van der Waals surface area contributed by atoms with Gasteiger partial charge < -0.3 is 10.0 Å². The van der Waals surface area contributed by atoms with E-state index in [2.05, 4.69) is 25.8 Å². The first-order valence-corrected chi connectivity index (χ1v) is 11.5. The maximum absolute atomic E-state index is 13.3. The topological polar surface area (TPSA) is 70.5 Å². The van der Waals surface area contributed by atoms with Gasteiger partial charge in [0.1, 0.15) is 5.76 Å². The lowest BCUT2D eigenvalue weighted by Gasteiger charge is -2.25. The quantitative estimate of drug-likeness (QED) is 0.287. The predicted octanol–water partition coefficient (Wildman–Crippen LogP) is 5.96. The van der Waals surface area contributed by atoms with Gasteiger partial charge in [0.25, 0.3) is 11.7 Å². The Bertz CT molecular complexity index is 1280. The van der Waals surface area contributed by atoms with Crippen LogP contribution in [0.15, 0.2) is 72.4 Å². The number of likely N-dealkylation sites (tertiary alicyclic amines) is 1. The summed E-state index contributed by atoms with van der Waals surface area (Å²) >= 11 is 6.10. The fourth-order valence-electron chi connectivity index (χ4n) is 4.19. The number of halogens is 1. The third-order valence-corrected chi connectivity index (χ3v) is 6.39. The van der Waals surface area contributed by atoms with Crippen LogP contribution < -0.4 is 0 Å². The molecular weight excluding hydrogens is 448 g/mol. The van der Waals surface area contributed by atoms with E-state index in [1.807, 2.05) is 31.2 Å². The van der Waals surface area contributed by atoms with E-state index in [4.69, 9.17) is 11.6 Å². The zero-order valence-electron chi connectivity index (χ0n) is 19.7. The van der Waals surface area contributed by atoms with Crippen molar-refractivity contribution in [2.75, 3.05) is 0 Å². The molecule has 174 valence electrons. The molecule has 3 aromatic rings. The molecule has 34 heavy (non-hydrogen) atoms. The van der Waals surface area contributed by atoms with Crippen molar-refractivity contribution in [3.63, 3.8) is 0 Å². The second-order valence-electron chi connectivity index (χ2n) is 9.58. The number of aliphatic hydroxyl groups excluding tert-OH is 1. The van der Waals surface area contributed by atoms with Crippen LogP contribution in [0.2, 0.25) is 5.02 Å². The number of pyridine rings is 1. The van der Waals surface area contributed by atoms with E-state index < -0.39 is 17.7 Å². The van der Waals surface area contributed by atoms with Crippen molar-refractivity contribution in [2.45, 2.75) is 45.7 Å². The van der Waals surface area contributed by atoms with Gasteiger partial charge >= 0.3 is 0 Å². The monoisotopic (exact) mass is 474 g/mol. The molecule has 1 N–H and O–H groups in total. The first kappa shape index (κ1) is 23.7. The van der Waals surface area contributed by atoms with Crippen molar-refractivity contribution in [2.24, 2.45) is 0 Å². The first-order chi connectivity index (χ1) is 16.1. The van der Waals surface area contributed by atoms with E-state index in [0.29, 0.717) is 21.8 Å². The largest absolute Gasteiger partial charge is 0.507 e. The molecule has 0 saturated carbocycles. The van der Waals surface area contributed by atoms with Gasteiger partial charge in [-0.2, -0.15) is 0 Å². The van der Waals surface area contributed by atoms with Gasteiger partial charge in [-0.05, 0) is 59.4 Å². The second kappa shape index (κ2) is 9.07. The van der Waals surface area contributed by atoms with Gasteiger partial charge in [0.15, 0.2) is 0 Å². The summed E-state index contributed by atoms with van der Waals surface area (Å²) in [6.45, 7) is 8.27. The highest BCUT2D eigenvalue weighted by atomic mass is 35.5. The Morgan fingerprint density at radius 3 is 2.38 bits per heavy atom. The van der Waals surface area contributed by atoms with Gasteiger partial charge in [0.05, 0.1) is 23.9 Å². The molecule has 1 aromatic heterocycles. The first-order valence-electron chi connectivity index (χ1n) is 11.1. The molecule has 0 aliphatic carbocycles. The zero-order valence-corrected chi connectivity index (χ0v) is 20.4. The van der Waals surface area contributed by atoms with Gasteiger partial charge in [-0.25, -0.2) is 0 Å². The molecule has 6 heteroatoms. The zero-order chi connectivity index (χ0) is 24.6. The van der Waals surface area contributed by atoms with Crippen LogP contribution >= 0.6 is 11.6 Å². The van der Waals surface area contributed by atoms with Crippen molar-refractivity contribution in [3.8, 4) is 0 Å². The molecule has 2 heterocycles. The Kier molecular flexibility index (Phi) is 6.32. The maximum Gasteiger partial charge on any atom is 0.296 e. The lowest BCUT2D eigenvalue weighted by Crippen LogP contribution is -2.29. The van der Waals surface area contributed by atoms with Gasteiger partial charge in [0.2, 0.25) is 0 Å². The molecule has 1 atom stereocenters. The molecule has 5 nitrogen and oxygen atoms in total. The van der Waals surface area contributed by atoms with Gasteiger partial charge in [0, 0.05) is 16.8 Å². The Labute approximate surface area is 204 Å². The van der Waals surface area contributed by atoms with Crippen LogP contribution in [0.5, 0.6) is 0 Å². The van der Waals surface area contributed by atoms with Crippen LogP contribution in [0.1, 0.15) is 54.8 Å². The van der Waals surface area contributed by atoms with E-state index in [0.717, 1.165) is 11.1 Å². The predicted molar refractivity (Wildman–Crippen MR) is 133 cm³/mol. The van der Waals surface area contributed by atoms with Crippen LogP contribution in [0.25, 0.3) is 5.76 Å². The number of carbonyl (C=O) groups excluding carboxylic acids is 2. The average Bonchev–Trinajstić information content (AvgIpc) is 3.04. The number of amides is 1. The molecule has 1 aliphatic rings. The highest BCUT2D eigenvalue weighted by Gasteiger charge is 2.46. The van der Waals surface area contributed by atoms with E-state index in [-0.39, 0.29) is 23.3 Å². The van der Waals surface area contributed by atoms with E-state index in [9.17, 15) is 14.7 Å². The van der Waals surface area contributed by atoms with Gasteiger partial charge in [-0.1, -0.05) is 62.7 Å². The highest BCUT2D eigenvalue weighted by Crippen LogP contribution is 2.41. The molecule has 1 fully saturated rings. The average molecular weight is 475 g/mol. The van der Waals surface area contributed by atoms with Gasteiger partial charge in [-0.3, -0.25) is 14.6 Å². The summed E-state index contributed by atoms with van der Waals surface area (Å²) in [5.41, 5.74) is 3.63. The van der Waals surface area contributed by atoms with Crippen LogP contribution in [0.3, 0.4) is 0 Å². The summed E-state index contributed by atoms with van der Waals surface area (Å²) in [5, 5.41) is 12.0. The molecule has 1 unspecified atom stereocenters. The maximum atomic E-state index is 13.3. The van der Waals surface area contributed by atoms with Crippen molar-refractivity contribution in [3.05, 3.63) is 105 Å². The molecule has 0 spiro atoms. The van der Waals surface area contributed by atoms with Crippen LogP contribution in [-0.4, -0.2) is 26.7 Å². The highest BCUT2D eigenvalue weighted by molar-refractivity contribution is 6.46. The molecule has 1 saturated heterocycles. The SMILES string of the molecule is Cc1ccc(C(C)(C)C)cc1/C(O)=C1\C(=O)C(=O)N(Cc2ccccn2)C1c1ccc(Cl)cc1. The number of hydrogen-bond acceptors (Lipinski definition) is 4. The number of nitrogens with zero attached hydrogens (tertiary/aromatic N) is 2. The van der Waals surface area contributed by atoms with Crippen LogP contribution in [0.4, 0.5) is 0 Å². The number of ketones is 1. The number of Topliss-reactive ketones (excluding diaryl/α,β-unsaturated/α-hetero) is 1. The number of benzene rings is 2. The standard InChI is InChI=1S/C28H27ClN2O3/c1-17-8-11-19(28(2,3)4)15-22(17)25(32)23-24(18-9-12-20(29)13-10-18)31(27(34)26(23)33)16-21-7-5-6-14-30-21/h5-15,24,32H,16H2,1-4H3/b25-23+. The fraction of sp³-hybridized carbons (Fsp3) is 0.250. The third-order valence-electron chi connectivity index (χ3n) is 6.14. The molecule has 2 aromatic carbocycles. The molecule has 4 rings (SSSR count). The Morgan fingerprint density at radius 2 is 1.76 bits per heavy atom. The van der Waals surface area contributed by atoms with Crippen molar-refractivity contribution >= 4 is 29.1 Å². The summed E-state index contributed by atoms with van der Waals surface area (Å²) in [5.74, 6) is -1.56. The molecule has 0 radical (unpaired) electrons. The minimum atomic E-state index is -0.767. The molecule has 1 aliphatic heterocycles. The van der Waals surface area contributed by atoms with Crippen LogP contribution in [-0.2, 0) is 21.5 Å². The number of aromatic nitrogens is 1. The fourth-order valence-corrected chi connectivity index (χ4v) is 4.32.